The molecule has 0 aliphatic carbocycles. The molecule has 0 amide bonds. The van der Waals surface area contributed by atoms with E-state index in [-0.39, 0.29) is 0 Å². The van der Waals surface area contributed by atoms with Gasteiger partial charge in [0.05, 0.1) is 11.2 Å². The van der Waals surface area contributed by atoms with Gasteiger partial charge >= 0.3 is 0 Å². The molecule has 3 heteroatoms. The number of rotatable bonds is 1. The highest BCUT2D eigenvalue weighted by Gasteiger charge is 2.01. The van der Waals surface area contributed by atoms with Gasteiger partial charge in [0.25, 0.3) is 0 Å². The first-order valence-electron chi connectivity index (χ1n) is 4.25. The average Bonchev–Trinajstić information content (AvgIpc) is 2.20. The van der Waals surface area contributed by atoms with Gasteiger partial charge in [0.1, 0.15) is 0 Å². The maximum atomic E-state index is 10.2. The second kappa shape index (κ2) is 3.40. The Bertz CT molecular complexity index is 528. The summed E-state index contributed by atoms with van der Waals surface area (Å²) in [4.78, 5) is 18.1. The number of para-hydroxylation sites is 1. The van der Waals surface area contributed by atoms with Gasteiger partial charge in [-0.15, -0.1) is 0 Å². The van der Waals surface area contributed by atoms with Crippen LogP contribution in [0.5, 0.6) is 0 Å². The van der Waals surface area contributed by atoms with Gasteiger partial charge < -0.3 is 0 Å². The van der Waals surface area contributed by atoms with Crippen LogP contribution in [0.3, 0.4) is 0 Å². The molecule has 0 aliphatic heterocycles. The minimum Gasteiger partial charge on any atom is -0.256 e. The van der Waals surface area contributed by atoms with Gasteiger partial charge in [0.2, 0.25) is 6.08 Å². The second-order valence-electron chi connectivity index (χ2n) is 3.00. The van der Waals surface area contributed by atoms with E-state index in [1.807, 2.05) is 25.1 Å². The van der Waals surface area contributed by atoms with Crippen LogP contribution in [0.15, 0.2) is 35.5 Å². The Hall–Kier alpha value is -1.99. The Balaban J connectivity index is 2.87. The average molecular weight is 184 g/mol. The van der Waals surface area contributed by atoms with E-state index in [1.165, 1.54) is 0 Å². The van der Waals surface area contributed by atoms with Crippen LogP contribution in [0.25, 0.3) is 10.9 Å². The molecule has 0 spiro atoms. The Morgan fingerprint density at radius 3 is 3.00 bits per heavy atom. The van der Waals surface area contributed by atoms with Crippen molar-refractivity contribution in [1.29, 1.82) is 0 Å². The summed E-state index contributed by atoms with van der Waals surface area (Å²) in [6, 6.07) is 7.49. The van der Waals surface area contributed by atoms with Gasteiger partial charge in [-0.05, 0) is 18.6 Å². The number of aliphatic imine (C=N–C) groups is 1. The highest BCUT2D eigenvalue weighted by molar-refractivity contribution is 5.92. The smallest absolute Gasteiger partial charge is 0.240 e. The number of aryl methyl sites for hydroxylation is 1. The van der Waals surface area contributed by atoms with Crippen LogP contribution in [0.1, 0.15) is 5.56 Å². The van der Waals surface area contributed by atoms with Crippen molar-refractivity contribution in [2.45, 2.75) is 6.92 Å². The number of pyridine rings is 1. The lowest BCUT2D eigenvalue weighted by molar-refractivity contribution is 0.565. The summed E-state index contributed by atoms with van der Waals surface area (Å²) in [6.45, 7) is 1.98. The molecule has 0 fully saturated rings. The molecule has 0 saturated carbocycles. The van der Waals surface area contributed by atoms with Crippen LogP contribution in [-0.2, 0) is 4.79 Å². The molecule has 0 unspecified atom stereocenters. The molecule has 0 bridgehead atoms. The molecule has 14 heavy (non-hydrogen) atoms. The Morgan fingerprint density at radius 1 is 1.36 bits per heavy atom. The van der Waals surface area contributed by atoms with E-state index in [1.54, 1.807) is 18.3 Å². The molecule has 0 atom stereocenters. The fourth-order valence-electron chi connectivity index (χ4n) is 1.46. The number of benzene rings is 1. The summed E-state index contributed by atoms with van der Waals surface area (Å²) >= 11 is 0. The van der Waals surface area contributed by atoms with Crippen molar-refractivity contribution in [3.63, 3.8) is 0 Å². The number of isocyanates is 1. The highest BCUT2D eigenvalue weighted by atomic mass is 16.1. The fraction of sp³-hybridized carbons (Fsp3) is 0.0909. The minimum absolute atomic E-state index is 0.619. The minimum atomic E-state index is 0.619. The molecule has 1 aromatic heterocycles. The lowest BCUT2D eigenvalue weighted by atomic mass is 10.1. The molecule has 3 nitrogen and oxygen atoms in total. The number of fused-ring (bicyclic) bond motifs is 1. The second-order valence-corrected chi connectivity index (χ2v) is 3.00. The number of aromatic nitrogens is 1. The van der Waals surface area contributed by atoms with Gasteiger partial charge in [-0.1, -0.05) is 18.2 Å². The Labute approximate surface area is 81.1 Å². The quantitative estimate of drug-likeness (QED) is 0.504. The van der Waals surface area contributed by atoms with Crippen molar-refractivity contribution >= 4 is 22.7 Å². The van der Waals surface area contributed by atoms with Gasteiger partial charge in [-0.3, -0.25) is 4.98 Å². The zero-order valence-corrected chi connectivity index (χ0v) is 7.69. The number of carbonyl (C=O) groups excluding carboxylic acids is 1. The standard InChI is InChI=1S/C11H8N2O/c1-8-3-2-4-9-10(13-7-14)5-6-12-11(8)9/h2-6H,1H3. The number of hydrogen-bond acceptors (Lipinski definition) is 3. The zero-order chi connectivity index (χ0) is 9.97. The van der Waals surface area contributed by atoms with Crippen LogP contribution in [-0.4, -0.2) is 11.1 Å². The van der Waals surface area contributed by atoms with E-state index in [2.05, 4.69) is 9.98 Å². The number of hydrogen-bond donors (Lipinski definition) is 0. The first kappa shape index (κ1) is 8.60. The normalized spacial score (nSPS) is 9.79. The van der Waals surface area contributed by atoms with E-state index in [0.29, 0.717) is 5.69 Å². The van der Waals surface area contributed by atoms with Crippen molar-refractivity contribution in [2.24, 2.45) is 4.99 Å². The van der Waals surface area contributed by atoms with Gasteiger partial charge in [-0.2, -0.15) is 4.99 Å². The van der Waals surface area contributed by atoms with Crippen molar-refractivity contribution < 1.29 is 4.79 Å². The first-order chi connectivity index (χ1) is 6.83. The van der Waals surface area contributed by atoms with Crippen LogP contribution >= 0.6 is 0 Å². The van der Waals surface area contributed by atoms with E-state index in [0.717, 1.165) is 16.5 Å². The molecular weight excluding hydrogens is 176 g/mol. The maximum Gasteiger partial charge on any atom is 0.240 e. The van der Waals surface area contributed by atoms with Crippen molar-refractivity contribution in [3.8, 4) is 0 Å². The molecule has 1 aromatic carbocycles. The first-order valence-corrected chi connectivity index (χ1v) is 4.25. The fourth-order valence-corrected chi connectivity index (χ4v) is 1.46. The molecule has 1 heterocycles. The third-order valence-electron chi connectivity index (χ3n) is 2.12. The lowest BCUT2D eigenvalue weighted by Crippen LogP contribution is -1.82. The SMILES string of the molecule is Cc1cccc2c(N=C=O)ccnc12. The third-order valence-corrected chi connectivity index (χ3v) is 2.12. The van der Waals surface area contributed by atoms with Crippen molar-refractivity contribution in [1.82, 2.24) is 4.98 Å². The number of nitrogens with zero attached hydrogens (tertiary/aromatic N) is 2. The molecule has 2 rings (SSSR count). The van der Waals surface area contributed by atoms with E-state index < -0.39 is 0 Å². The predicted molar refractivity (Wildman–Crippen MR) is 54.3 cm³/mol. The molecule has 0 N–H and O–H groups in total. The van der Waals surface area contributed by atoms with Crippen LogP contribution in [0.4, 0.5) is 5.69 Å². The van der Waals surface area contributed by atoms with E-state index >= 15 is 0 Å². The third kappa shape index (κ3) is 1.30. The topological polar surface area (TPSA) is 42.3 Å². The largest absolute Gasteiger partial charge is 0.256 e. The lowest BCUT2D eigenvalue weighted by Gasteiger charge is -2.01. The van der Waals surface area contributed by atoms with Gasteiger partial charge in [0.15, 0.2) is 0 Å². The summed E-state index contributed by atoms with van der Waals surface area (Å²) in [5, 5.41) is 0.885. The molecule has 0 saturated heterocycles. The highest BCUT2D eigenvalue weighted by Crippen LogP contribution is 2.25. The summed E-state index contributed by atoms with van der Waals surface area (Å²) in [5.74, 6) is 0. The van der Waals surface area contributed by atoms with Crippen LogP contribution < -0.4 is 0 Å². The monoisotopic (exact) mass is 184 g/mol. The summed E-state index contributed by atoms with van der Waals surface area (Å²) in [7, 11) is 0. The van der Waals surface area contributed by atoms with Crippen LogP contribution in [0.2, 0.25) is 0 Å². The molecule has 2 aromatic rings. The summed E-state index contributed by atoms with van der Waals surface area (Å²) in [6.07, 6.45) is 3.19. The van der Waals surface area contributed by atoms with Crippen molar-refractivity contribution in [3.05, 3.63) is 36.0 Å². The van der Waals surface area contributed by atoms with Crippen molar-refractivity contribution in [2.75, 3.05) is 0 Å². The molecular formula is C11H8N2O. The molecule has 0 aliphatic rings. The van der Waals surface area contributed by atoms with Gasteiger partial charge in [-0.25, -0.2) is 4.79 Å². The maximum absolute atomic E-state index is 10.2. The van der Waals surface area contributed by atoms with E-state index in [9.17, 15) is 4.79 Å². The molecule has 0 radical (unpaired) electrons. The van der Waals surface area contributed by atoms with E-state index in [4.69, 9.17) is 0 Å². The Morgan fingerprint density at radius 2 is 2.21 bits per heavy atom. The van der Waals surface area contributed by atoms with Crippen LogP contribution in [0, 0.1) is 6.92 Å². The summed E-state index contributed by atoms with van der Waals surface area (Å²) in [5.41, 5.74) is 2.57. The molecule has 68 valence electrons. The predicted octanol–water partition coefficient (Wildman–Crippen LogP) is 2.51. The van der Waals surface area contributed by atoms with Gasteiger partial charge in [0, 0.05) is 11.6 Å². The Kier molecular flexibility index (Phi) is 2.09. The summed E-state index contributed by atoms with van der Waals surface area (Å²) < 4.78 is 0. The zero-order valence-electron chi connectivity index (χ0n) is 7.69.